The van der Waals surface area contributed by atoms with Crippen molar-refractivity contribution >= 4 is 17.7 Å². The van der Waals surface area contributed by atoms with E-state index in [1.165, 1.54) is 6.07 Å². The molecule has 0 spiro atoms. The third-order valence-corrected chi connectivity index (χ3v) is 3.64. The first kappa shape index (κ1) is 14.2. The largest absolute Gasteiger partial charge is 0.417 e. The zero-order valence-electron chi connectivity index (χ0n) is 10.0. The van der Waals surface area contributed by atoms with Gasteiger partial charge in [0.15, 0.2) is 0 Å². The summed E-state index contributed by atoms with van der Waals surface area (Å²) in [7, 11) is 0. The first-order valence-electron chi connectivity index (χ1n) is 5.88. The summed E-state index contributed by atoms with van der Waals surface area (Å²) < 4.78 is 36.9. The van der Waals surface area contributed by atoms with Crippen LogP contribution in [0.4, 0.5) is 13.2 Å². The average Bonchev–Trinajstić information content (AvgIpc) is 3.17. The second-order valence-electron chi connectivity index (χ2n) is 4.42. The first-order valence-corrected chi connectivity index (χ1v) is 6.86. The number of thioether (sulfide) groups is 1. The number of hydrogen-bond donors (Lipinski definition) is 1. The highest BCUT2D eigenvalue weighted by molar-refractivity contribution is 7.99. The van der Waals surface area contributed by atoms with Gasteiger partial charge in [-0.3, -0.25) is 4.79 Å². The van der Waals surface area contributed by atoms with E-state index in [4.69, 9.17) is 0 Å². The van der Waals surface area contributed by atoms with E-state index in [2.05, 4.69) is 10.3 Å². The highest BCUT2D eigenvalue weighted by Gasteiger charge is 2.30. The number of carbonyl (C=O) groups excluding carboxylic acids is 1. The van der Waals surface area contributed by atoms with Crippen LogP contribution in [0.25, 0.3) is 0 Å². The van der Waals surface area contributed by atoms with Gasteiger partial charge >= 0.3 is 6.18 Å². The molecular weight excluding hydrogens is 277 g/mol. The molecule has 0 saturated heterocycles. The van der Waals surface area contributed by atoms with E-state index < -0.39 is 11.7 Å². The summed E-state index contributed by atoms with van der Waals surface area (Å²) in [4.78, 5) is 15.1. The molecule has 1 aliphatic carbocycles. The van der Waals surface area contributed by atoms with Crippen LogP contribution in [-0.4, -0.2) is 23.2 Å². The van der Waals surface area contributed by atoms with Crippen LogP contribution in [0.5, 0.6) is 0 Å². The summed E-state index contributed by atoms with van der Waals surface area (Å²) in [5.74, 6) is 0.669. The number of amides is 1. The summed E-state index contributed by atoms with van der Waals surface area (Å²) >= 11 is 1.13. The molecule has 19 heavy (non-hydrogen) atoms. The summed E-state index contributed by atoms with van der Waals surface area (Å²) in [5.41, 5.74) is -0.782. The molecule has 104 valence electrons. The Bertz CT molecular complexity index is 443. The fourth-order valence-electron chi connectivity index (χ4n) is 1.40. The van der Waals surface area contributed by atoms with Gasteiger partial charge in [0, 0.05) is 12.7 Å². The Kier molecular flexibility index (Phi) is 4.34. The van der Waals surface area contributed by atoms with Gasteiger partial charge in [-0.2, -0.15) is 13.2 Å². The predicted molar refractivity (Wildman–Crippen MR) is 65.7 cm³/mol. The summed E-state index contributed by atoms with van der Waals surface area (Å²) in [6.07, 6.45) is -1.27. The molecule has 2 rings (SSSR count). The molecule has 1 saturated carbocycles. The van der Waals surface area contributed by atoms with Gasteiger partial charge in [0.05, 0.1) is 16.3 Å². The standard InChI is InChI=1S/C12H13F3N2OS/c13-12(14,15)9-3-4-11(17-6-9)19-7-10(18)16-5-8-1-2-8/h3-4,6,8H,1-2,5,7H2,(H,16,18). The van der Waals surface area contributed by atoms with Gasteiger partial charge in [0.25, 0.3) is 0 Å². The smallest absolute Gasteiger partial charge is 0.355 e. The molecule has 3 nitrogen and oxygen atoms in total. The molecule has 0 radical (unpaired) electrons. The number of rotatable bonds is 5. The highest BCUT2D eigenvalue weighted by atomic mass is 32.2. The van der Waals surface area contributed by atoms with E-state index in [1.807, 2.05) is 0 Å². The molecule has 0 aliphatic heterocycles. The van der Waals surface area contributed by atoms with E-state index in [1.54, 1.807) is 0 Å². The molecular formula is C12H13F3N2OS. The van der Waals surface area contributed by atoms with Crippen molar-refractivity contribution in [3.8, 4) is 0 Å². The van der Waals surface area contributed by atoms with Crippen molar-refractivity contribution in [1.82, 2.24) is 10.3 Å². The Morgan fingerprint density at radius 1 is 1.42 bits per heavy atom. The molecule has 7 heteroatoms. The van der Waals surface area contributed by atoms with Gasteiger partial charge in [-0.15, -0.1) is 0 Å². The van der Waals surface area contributed by atoms with Crippen molar-refractivity contribution in [2.75, 3.05) is 12.3 Å². The number of halogens is 3. The Morgan fingerprint density at radius 2 is 2.16 bits per heavy atom. The van der Waals surface area contributed by atoms with E-state index in [-0.39, 0.29) is 11.7 Å². The average molecular weight is 290 g/mol. The third-order valence-electron chi connectivity index (χ3n) is 2.70. The predicted octanol–water partition coefficient (Wildman–Crippen LogP) is 2.72. The maximum atomic E-state index is 12.3. The van der Waals surface area contributed by atoms with Gasteiger partial charge in [-0.25, -0.2) is 4.98 Å². The molecule has 1 aliphatic rings. The monoisotopic (exact) mass is 290 g/mol. The topological polar surface area (TPSA) is 42.0 Å². The molecule has 1 N–H and O–H groups in total. The Balaban J connectivity index is 1.77. The van der Waals surface area contributed by atoms with Crippen molar-refractivity contribution in [2.45, 2.75) is 24.0 Å². The minimum absolute atomic E-state index is 0.112. The van der Waals surface area contributed by atoms with Crippen molar-refractivity contribution < 1.29 is 18.0 Å². The fourth-order valence-corrected chi connectivity index (χ4v) is 2.08. The lowest BCUT2D eigenvalue weighted by Gasteiger charge is -2.07. The van der Waals surface area contributed by atoms with E-state index in [0.29, 0.717) is 17.5 Å². The normalized spacial score (nSPS) is 15.3. The second-order valence-corrected chi connectivity index (χ2v) is 5.41. The number of alkyl halides is 3. The Morgan fingerprint density at radius 3 is 2.68 bits per heavy atom. The number of carbonyl (C=O) groups is 1. The van der Waals surface area contributed by atoms with Crippen LogP contribution in [-0.2, 0) is 11.0 Å². The maximum absolute atomic E-state index is 12.3. The number of pyridine rings is 1. The van der Waals surface area contributed by atoms with Crippen LogP contribution in [0.2, 0.25) is 0 Å². The highest BCUT2D eigenvalue weighted by Crippen LogP contribution is 2.29. The van der Waals surface area contributed by atoms with Gasteiger partial charge in [-0.05, 0) is 30.9 Å². The van der Waals surface area contributed by atoms with Crippen LogP contribution in [0, 0.1) is 5.92 Å². The zero-order chi connectivity index (χ0) is 13.9. The summed E-state index contributed by atoms with van der Waals surface area (Å²) in [5, 5.41) is 3.19. The van der Waals surface area contributed by atoms with E-state index in [9.17, 15) is 18.0 Å². The molecule has 0 unspecified atom stereocenters. The van der Waals surface area contributed by atoms with Crippen LogP contribution >= 0.6 is 11.8 Å². The van der Waals surface area contributed by atoms with Crippen molar-refractivity contribution in [2.24, 2.45) is 5.92 Å². The number of aromatic nitrogens is 1. The lowest BCUT2D eigenvalue weighted by molar-refractivity contribution is -0.137. The van der Waals surface area contributed by atoms with E-state index in [0.717, 1.165) is 36.9 Å². The second kappa shape index (κ2) is 5.81. The Labute approximate surface area is 113 Å². The molecule has 1 amide bonds. The van der Waals surface area contributed by atoms with Crippen LogP contribution in [0.3, 0.4) is 0 Å². The van der Waals surface area contributed by atoms with Gasteiger partial charge in [0.2, 0.25) is 5.91 Å². The zero-order valence-corrected chi connectivity index (χ0v) is 10.9. The quantitative estimate of drug-likeness (QED) is 0.848. The van der Waals surface area contributed by atoms with Gasteiger partial charge in [0.1, 0.15) is 0 Å². The molecule has 0 aromatic carbocycles. The SMILES string of the molecule is O=C(CSc1ccc(C(F)(F)F)cn1)NCC1CC1. The molecule has 0 bridgehead atoms. The van der Waals surface area contributed by atoms with Crippen LogP contribution < -0.4 is 5.32 Å². The lowest BCUT2D eigenvalue weighted by Crippen LogP contribution is -2.27. The van der Waals surface area contributed by atoms with Gasteiger partial charge < -0.3 is 5.32 Å². The van der Waals surface area contributed by atoms with Gasteiger partial charge in [-0.1, -0.05) is 11.8 Å². The molecule has 1 aromatic heterocycles. The summed E-state index contributed by atoms with van der Waals surface area (Å²) in [6.45, 7) is 0.694. The van der Waals surface area contributed by atoms with Crippen LogP contribution in [0.15, 0.2) is 23.4 Å². The van der Waals surface area contributed by atoms with Crippen molar-refractivity contribution in [3.05, 3.63) is 23.9 Å². The first-order chi connectivity index (χ1) is 8.95. The Hall–Kier alpha value is -1.24. The van der Waals surface area contributed by atoms with Crippen molar-refractivity contribution in [3.63, 3.8) is 0 Å². The van der Waals surface area contributed by atoms with Crippen molar-refractivity contribution in [1.29, 1.82) is 0 Å². The molecule has 1 aromatic rings. The number of nitrogens with one attached hydrogen (secondary N) is 1. The van der Waals surface area contributed by atoms with E-state index >= 15 is 0 Å². The third kappa shape index (κ3) is 4.74. The molecule has 1 heterocycles. The lowest BCUT2D eigenvalue weighted by atomic mass is 10.3. The minimum Gasteiger partial charge on any atom is -0.355 e. The minimum atomic E-state index is -4.38. The number of nitrogens with zero attached hydrogens (tertiary/aromatic N) is 1. The maximum Gasteiger partial charge on any atom is 0.417 e. The number of hydrogen-bond acceptors (Lipinski definition) is 3. The molecule has 0 atom stereocenters. The summed E-state index contributed by atoms with van der Waals surface area (Å²) in [6, 6.07) is 2.25. The fraction of sp³-hybridized carbons (Fsp3) is 0.500. The van der Waals surface area contributed by atoms with Crippen LogP contribution in [0.1, 0.15) is 18.4 Å². The molecule has 1 fully saturated rings.